The smallest absolute Gasteiger partial charge is 0.326 e. The van der Waals surface area contributed by atoms with Gasteiger partial charge in [-0.2, -0.15) is 0 Å². The van der Waals surface area contributed by atoms with Crippen molar-refractivity contribution >= 4 is 17.6 Å². The predicted octanol–water partition coefficient (Wildman–Crippen LogP) is 2.38. The van der Waals surface area contributed by atoms with E-state index in [-0.39, 0.29) is 17.8 Å². The molecule has 0 radical (unpaired) electrons. The van der Waals surface area contributed by atoms with Crippen molar-refractivity contribution in [1.29, 1.82) is 0 Å². The predicted molar refractivity (Wildman–Crippen MR) is 110 cm³/mol. The fraction of sp³-hybridized carbons (Fsp3) is 0.333. The van der Waals surface area contributed by atoms with Crippen LogP contribution in [-0.2, 0) is 6.54 Å². The highest BCUT2D eigenvalue weighted by Crippen LogP contribution is 2.30. The highest BCUT2D eigenvalue weighted by Gasteiger charge is 2.39. The molecule has 1 aromatic heterocycles. The molecule has 9 heteroatoms. The number of hydrogen-bond acceptors (Lipinski definition) is 6. The van der Waals surface area contributed by atoms with Crippen molar-refractivity contribution < 1.29 is 9.18 Å². The minimum Gasteiger partial charge on any atom is -0.326 e. The Labute approximate surface area is 173 Å². The molecule has 30 heavy (non-hydrogen) atoms. The van der Waals surface area contributed by atoms with Crippen molar-refractivity contribution in [3.05, 3.63) is 66.4 Å². The Morgan fingerprint density at radius 2 is 1.93 bits per heavy atom. The van der Waals surface area contributed by atoms with Crippen molar-refractivity contribution in [2.45, 2.75) is 13.5 Å². The van der Waals surface area contributed by atoms with E-state index >= 15 is 0 Å². The highest BCUT2D eigenvalue weighted by molar-refractivity contribution is 6.02. The number of carbonyl (C=O) groups excluding carboxylic acids is 1. The Hall–Kier alpha value is -3.33. The second kappa shape index (κ2) is 7.49. The summed E-state index contributed by atoms with van der Waals surface area (Å²) in [6.45, 7) is 4.87. The van der Waals surface area contributed by atoms with Crippen molar-refractivity contribution in [1.82, 2.24) is 25.1 Å². The Morgan fingerprint density at radius 1 is 1.17 bits per heavy atom. The molecule has 0 spiro atoms. The molecule has 0 unspecified atom stereocenters. The topological polar surface area (TPSA) is 77.0 Å². The lowest BCUT2D eigenvalue weighted by molar-refractivity contribution is 0.216. The number of anilines is 1. The summed E-state index contributed by atoms with van der Waals surface area (Å²) in [5, 5.41) is 2.98. The molecule has 8 nitrogen and oxygen atoms in total. The number of nitrogens with one attached hydrogen (secondary N) is 1. The first-order chi connectivity index (χ1) is 14.6. The zero-order valence-electron chi connectivity index (χ0n) is 16.6. The maximum atomic E-state index is 13.2. The van der Waals surface area contributed by atoms with Crippen LogP contribution in [0, 0.1) is 17.7 Å². The molecule has 1 fully saturated rings. The van der Waals surface area contributed by atoms with E-state index < -0.39 is 0 Å². The monoisotopic (exact) mass is 407 g/mol. The molecule has 0 bridgehead atoms. The summed E-state index contributed by atoms with van der Waals surface area (Å²) in [7, 11) is 0. The molecule has 2 amide bonds. The summed E-state index contributed by atoms with van der Waals surface area (Å²) in [4.78, 5) is 31.9. The number of halogens is 1. The SMILES string of the molecule is C[C@@H]1CN(Cc2ncccn2)C[C@H]1C1=NC2=CN(c3ccc(F)cc3)CN2C(=O)N1. The molecule has 0 aliphatic carbocycles. The molecule has 154 valence electrons. The first-order valence-electron chi connectivity index (χ1n) is 9.96. The van der Waals surface area contributed by atoms with Crippen molar-refractivity contribution in [2.75, 3.05) is 24.7 Å². The van der Waals surface area contributed by atoms with Crippen LogP contribution < -0.4 is 10.2 Å². The first-order valence-corrected chi connectivity index (χ1v) is 9.96. The number of rotatable bonds is 4. The van der Waals surface area contributed by atoms with Gasteiger partial charge in [-0.05, 0) is 36.2 Å². The molecule has 2 aromatic rings. The Bertz CT molecular complexity index is 1010. The van der Waals surface area contributed by atoms with E-state index in [1.165, 1.54) is 12.1 Å². The number of nitrogens with zero attached hydrogens (tertiary/aromatic N) is 6. The molecule has 3 aliphatic rings. The molecular weight excluding hydrogens is 385 g/mol. The summed E-state index contributed by atoms with van der Waals surface area (Å²) in [5.41, 5.74) is 0.811. The van der Waals surface area contributed by atoms with Gasteiger partial charge in [0.25, 0.3) is 0 Å². The normalized spacial score (nSPS) is 23.9. The summed E-state index contributed by atoms with van der Waals surface area (Å²) in [5.74, 6) is 2.28. The van der Waals surface area contributed by atoms with Crippen molar-refractivity contribution in [3.63, 3.8) is 0 Å². The number of amidine groups is 1. The molecule has 0 saturated carbocycles. The molecule has 3 aliphatic heterocycles. The quantitative estimate of drug-likeness (QED) is 0.842. The first kappa shape index (κ1) is 18.7. The van der Waals surface area contributed by atoms with E-state index in [1.807, 2.05) is 17.2 Å². The zero-order valence-corrected chi connectivity index (χ0v) is 16.6. The van der Waals surface area contributed by atoms with Gasteiger partial charge in [-0.3, -0.25) is 15.1 Å². The van der Waals surface area contributed by atoms with Crippen LogP contribution >= 0.6 is 0 Å². The number of benzene rings is 1. The van der Waals surface area contributed by atoms with E-state index in [0.29, 0.717) is 30.8 Å². The number of urea groups is 1. The Kier molecular flexibility index (Phi) is 4.66. The minimum atomic E-state index is -0.290. The lowest BCUT2D eigenvalue weighted by atomic mass is 9.96. The molecule has 1 N–H and O–H groups in total. The number of likely N-dealkylation sites (tertiary alicyclic amines) is 1. The summed E-state index contributed by atoms with van der Waals surface area (Å²) in [6.07, 6.45) is 5.33. The van der Waals surface area contributed by atoms with Crippen LogP contribution in [0.4, 0.5) is 14.9 Å². The maximum Gasteiger partial charge on any atom is 0.329 e. The largest absolute Gasteiger partial charge is 0.329 e. The van der Waals surface area contributed by atoms with Gasteiger partial charge in [0, 0.05) is 43.3 Å². The van der Waals surface area contributed by atoms with Crippen LogP contribution in [0.1, 0.15) is 12.7 Å². The second-order valence-electron chi connectivity index (χ2n) is 7.87. The molecule has 4 heterocycles. The van der Waals surface area contributed by atoms with Crippen LogP contribution in [0.25, 0.3) is 0 Å². The van der Waals surface area contributed by atoms with E-state index in [1.54, 1.807) is 29.4 Å². The number of aromatic nitrogens is 2. The molecule has 1 aromatic carbocycles. The van der Waals surface area contributed by atoms with Crippen LogP contribution in [-0.4, -0.2) is 51.4 Å². The van der Waals surface area contributed by atoms with Gasteiger partial charge in [0.1, 0.15) is 24.1 Å². The average molecular weight is 407 g/mol. The van der Waals surface area contributed by atoms with Crippen LogP contribution in [0.15, 0.2) is 59.7 Å². The molecule has 1 saturated heterocycles. The fourth-order valence-corrected chi connectivity index (χ4v) is 4.19. The molecular formula is C21H22FN7O. The second-order valence-corrected chi connectivity index (χ2v) is 7.87. The van der Waals surface area contributed by atoms with Gasteiger partial charge in [0.05, 0.1) is 6.54 Å². The third-order valence-corrected chi connectivity index (χ3v) is 5.74. The van der Waals surface area contributed by atoms with Gasteiger partial charge < -0.3 is 4.90 Å². The van der Waals surface area contributed by atoms with Gasteiger partial charge >= 0.3 is 6.03 Å². The third kappa shape index (κ3) is 3.52. The number of fused-ring (bicyclic) bond motifs is 1. The van der Waals surface area contributed by atoms with Gasteiger partial charge in [-0.25, -0.2) is 24.1 Å². The zero-order chi connectivity index (χ0) is 20.7. The van der Waals surface area contributed by atoms with Gasteiger partial charge in [-0.1, -0.05) is 6.92 Å². The summed E-state index contributed by atoms with van der Waals surface area (Å²) < 4.78 is 13.2. The number of carbonyl (C=O) groups is 1. The third-order valence-electron chi connectivity index (χ3n) is 5.74. The highest BCUT2D eigenvalue weighted by atomic mass is 19.1. The summed E-state index contributed by atoms with van der Waals surface area (Å²) in [6, 6.07) is 7.82. The van der Waals surface area contributed by atoms with E-state index in [0.717, 1.165) is 24.6 Å². The molecule has 2 atom stereocenters. The van der Waals surface area contributed by atoms with Crippen molar-refractivity contribution in [2.24, 2.45) is 16.8 Å². The van der Waals surface area contributed by atoms with Gasteiger partial charge in [0.2, 0.25) is 0 Å². The van der Waals surface area contributed by atoms with Crippen molar-refractivity contribution in [3.8, 4) is 0 Å². The van der Waals surface area contributed by atoms with E-state index in [9.17, 15) is 9.18 Å². The number of hydrogen-bond donors (Lipinski definition) is 1. The van der Waals surface area contributed by atoms with Crippen LogP contribution in [0.5, 0.6) is 0 Å². The lowest BCUT2D eigenvalue weighted by Crippen LogP contribution is -2.49. The van der Waals surface area contributed by atoms with E-state index in [2.05, 4.69) is 27.1 Å². The van der Waals surface area contributed by atoms with E-state index in [4.69, 9.17) is 4.99 Å². The maximum absolute atomic E-state index is 13.2. The Balaban J connectivity index is 1.33. The van der Waals surface area contributed by atoms with Crippen LogP contribution in [0.2, 0.25) is 0 Å². The Morgan fingerprint density at radius 3 is 2.70 bits per heavy atom. The lowest BCUT2D eigenvalue weighted by Gasteiger charge is -2.28. The number of amides is 2. The van der Waals surface area contributed by atoms with Crippen LogP contribution in [0.3, 0.4) is 0 Å². The van der Waals surface area contributed by atoms with Gasteiger partial charge in [0.15, 0.2) is 5.82 Å². The molecule has 5 rings (SSSR count). The summed E-state index contributed by atoms with van der Waals surface area (Å²) >= 11 is 0. The minimum absolute atomic E-state index is 0.126. The van der Waals surface area contributed by atoms with Gasteiger partial charge in [-0.15, -0.1) is 0 Å². The average Bonchev–Trinajstić information content (AvgIpc) is 3.33. The number of aliphatic imine (C=N–C) groups is 1. The standard InChI is InChI=1S/C21H22FN7O/c1-14-9-27(11-18-23-7-2-8-24-18)10-17(14)20-25-19-12-28(13-29(19)21(30)26-20)16-5-3-15(22)4-6-16/h2-8,12,14,17H,9-11,13H2,1H3,(H,25,26,30)/t14-,17-/m1/s1. The fourth-order valence-electron chi connectivity index (χ4n) is 4.19.